The Hall–Kier alpha value is -3.40. The lowest BCUT2D eigenvalue weighted by Crippen LogP contribution is -2.14. The zero-order valence-corrected chi connectivity index (χ0v) is 16.3. The monoisotopic (exact) mass is 383 g/mol. The van der Waals surface area contributed by atoms with Crippen molar-refractivity contribution in [2.24, 2.45) is 0 Å². The van der Waals surface area contributed by atoms with Gasteiger partial charge < -0.3 is 9.30 Å². The molecule has 29 heavy (non-hydrogen) atoms. The summed E-state index contributed by atoms with van der Waals surface area (Å²) >= 11 is 0. The van der Waals surface area contributed by atoms with Gasteiger partial charge in [0.2, 0.25) is 0 Å². The number of methoxy groups -OCH3 is 1. The molecule has 1 aliphatic rings. The predicted octanol–water partition coefficient (Wildman–Crippen LogP) is 5.15. The summed E-state index contributed by atoms with van der Waals surface area (Å²) < 4.78 is 7.19. The van der Waals surface area contributed by atoms with E-state index in [2.05, 4.69) is 34.9 Å². The van der Waals surface area contributed by atoms with Gasteiger partial charge in [-0.15, -0.1) is 0 Å². The fourth-order valence-electron chi connectivity index (χ4n) is 4.53. The molecule has 0 amide bonds. The number of Topliss-reactive ketones (excluding diaryl/α,β-unsaturated/α-hetero) is 1. The lowest BCUT2D eigenvalue weighted by atomic mass is 9.92. The third-order valence-corrected chi connectivity index (χ3v) is 5.85. The van der Waals surface area contributed by atoms with E-state index in [1.165, 1.54) is 23.4 Å². The van der Waals surface area contributed by atoms with Gasteiger partial charge in [-0.3, -0.25) is 4.79 Å². The molecule has 5 rings (SSSR count). The van der Waals surface area contributed by atoms with Gasteiger partial charge >= 0.3 is 5.97 Å². The molecule has 0 saturated heterocycles. The Labute approximate surface area is 168 Å². The predicted molar refractivity (Wildman–Crippen MR) is 114 cm³/mol. The van der Waals surface area contributed by atoms with Gasteiger partial charge in [-0.1, -0.05) is 42.5 Å². The molecular formula is C25H21NO3. The van der Waals surface area contributed by atoms with Gasteiger partial charge in [0.1, 0.15) is 0 Å². The molecule has 0 unspecified atom stereocenters. The van der Waals surface area contributed by atoms with E-state index in [0.29, 0.717) is 24.1 Å². The van der Waals surface area contributed by atoms with Crippen LogP contribution in [0.1, 0.15) is 44.8 Å². The first-order valence-electron chi connectivity index (χ1n) is 9.90. The lowest BCUT2D eigenvalue weighted by Gasteiger charge is -2.16. The number of nitrogens with zero attached hydrogens (tertiary/aromatic N) is 1. The van der Waals surface area contributed by atoms with Crippen molar-refractivity contribution in [3.8, 4) is 0 Å². The minimum atomic E-state index is -0.403. The number of fused-ring (bicyclic) bond motifs is 4. The average molecular weight is 383 g/mol. The van der Waals surface area contributed by atoms with E-state index in [-0.39, 0.29) is 5.78 Å². The number of esters is 1. The normalized spacial score (nSPS) is 13.6. The number of benzene rings is 3. The second-order valence-electron chi connectivity index (χ2n) is 7.56. The molecule has 1 aliphatic carbocycles. The van der Waals surface area contributed by atoms with Crippen LogP contribution in [0.15, 0.2) is 60.7 Å². The fourth-order valence-corrected chi connectivity index (χ4v) is 4.53. The number of carbonyl (C=O) groups is 2. The van der Waals surface area contributed by atoms with Crippen LogP contribution in [0.25, 0.3) is 21.7 Å². The van der Waals surface area contributed by atoms with Gasteiger partial charge in [0.25, 0.3) is 0 Å². The number of rotatable bonds is 3. The smallest absolute Gasteiger partial charge is 0.338 e. The van der Waals surface area contributed by atoms with E-state index >= 15 is 0 Å². The molecule has 1 aromatic heterocycles. The number of ether oxygens (including phenoxy) is 1. The highest BCUT2D eigenvalue weighted by Crippen LogP contribution is 2.35. The molecule has 4 nitrogen and oxygen atoms in total. The maximum Gasteiger partial charge on any atom is 0.338 e. The molecule has 4 aromatic rings. The molecule has 0 fully saturated rings. The second kappa shape index (κ2) is 6.89. The summed E-state index contributed by atoms with van der Waals surface area (Å²) in [5.74, 6) is -0.288. The van der Waals surface area contributed by atoms with Crippen LogP contribution in [0.3, 0.4) is 0 Å². The van der Waals surface area contributed by atoms with Gasteiger partial charge in [-0.25, -0.2) is 4.79 Å². The lowest BCUT2D eigenvalue weighted by molar-refractivity contribution is 0.0603. The molecule has 0 saturated carbocycles. The van der Waals surface area contributed by atoms with E-state index in [9.17, 15) is 9.59 Å². The topological polar surface area (TPSA) is 48.3 Å². The van der Waals surface area contributed by atoms with E-state index < -0.39 is 5.97 Å². The summed E-state index contributed by atoms with van der Waals surface area (Å²) in [6, 6.07) is 20.4. The Morgan fingerprint density at radius 2 is 1.83 bits per heavy atom. The SMILES string of the molecule is COC(=O)c1cccc2c1c1c(n2Cc2ccc3ccccc3c2)CCCC1=O. The highest BCUT2D eigenvalue weighted by molar-refractivity contribution is 6.16. The minimum Gasteiger partial charge on any atom is -0.465 e. The molecule has 0 radical (unpaired) electrons. The Balaban J connectivity index is 1.72. The van der Waals surface area contributed by atoms with Gasteiger partial charge in [0, 0.05) is 29.6 Å². The van der Waals surface area contributed by atoms with Crippen LogP contribution in [0.5, 0.6) is 0 Å². The number of aromatic nitrogens is 1. The fraction of sp³-hybridized carbons (Fsp3) is 0.200. The first kappa shape index (κ1) is 17.7. The highest BCUT2D eigenvalue weighted by atomic mass is 16.5. The molecule has 0 aliphatic heterocycles. The number of carbonyl (C=O) groups excluding carboxylic acids is 2. The van der Waals surface area contributed by atoms with Crippen LogP contribution in [-0.2, 0) is 17.7 Å². The quantitative estimate of drug-likeness (QED) is 0.460. The Kier molecular flexibility index (Phi) is 4.20. The summed E-state index contributed by atoms with van der Waals surface area (Å²) in [4.78, 5) is 25.2. The molecule has 144 valence electrons. The van der Waals surface area contributed by atoms with Crippen molar-refractivity contribution in [2.45, 2.75) is 25.8 Å². The van der Waals surface area contributed by atoms with Crippen molar-refractivity contribution in [1.29, 1.82) is 0 Å². The maximum atomic E-state index is 12.8. The Morgan fingerprint density at radius 3 is 2.66 bits per heavy atom. The number of hydrogen-bond acceptors (Lipinski definition) is 3. The molecule has 0 spiro atoms. The molecular weight excluding hydrogens is 362 g/mol. The first-order valence-corrected chi connectivity index (χ1v) is 9.90. The standard InChI is InChI=1S/C25H21NO3/c1-29-25(28)19-8-4-9-20-23(19)24-21(10-5-11-22(24)27)26(20)15-16-12-13-17-6-2-3-7-18(17)14-16/h2-4,6-9,12-14H,5,10-11,15H2,1H3. The van der Waals surface area contributed by atoms with Crippen LogP contribution in [0, 0.1) is 0 Å². The van der Waals surface area contributed by atoms with Gasteiger partial charge in [0.15, 0.2) is 5.78 Å². The third kappa shape index (κ3) is 2.83. The van der Waals surface area contributed by atoms with Gasteiger partial charge in [-0.05, 0) is 47.4 Å². The summed E-state index contributed by atoms with van der Waals surface area (Å²) in [6.07, 6.45) is 2.20. The van der Waals surface area contributed by atoms with Crippen molar-refractivity contribution < 1.29 is 14.3 Å². The van der Waals surface area contributed by atoms with Crippen molar-refractivity contribution in [3.05, 3.63) is 83.0 Å². The largest absolute Gasteiger partial charge is 0.465 e. The van der Waals surface area contributed by atoms with Crippen LogP contribution in [0.2, 0.25) is 0 Å². The Morgan fingerprint density at radius 1 is 1.00 bits per heavy atom. The van der Waals surface area contributed by atoms with E-state index in [4.69, 9.17) is 4.74 Å². The van der Waals surface area contributed by atoms with Crippen molar-refractivity contribution in [2.75, 3.05) is 7.11 Å². The average Bonchev–Trinajstić information content (AvgIpc) is 3.08. The van der Waals surface area contributed by atoms with E-state index in [1.807, 2.05) is 24.3 Å². The first-order chi connectivity index (χ1) is 14.2. The zero-order valence-electron chi connectivity index (χ0n) is 16.3. The van der Waals surface area contributed by atoms with Crippen molar-refractivity contribution in [1.82, 2.24) is 4.57 Å². The number of hydrogen-bond donors (Lipinski definition) is 0. The molecule has 0 N–H and O–H groups in total. The minimum absolute atomic E-state index is 0.116. The molecule has 0 atom stereocenters. The van der Waals surface area contributed by atoms with Gasteiger partial charge in [-0.2, -0.15) is 0 Å². The van der Waals surface area contributed by atoms with Crippen molar-refractivity contribution in [3.63, 3.8) is 0 Å². The van der Waals surface area contributed by atoms with Gasteiger partial charge in [0.05, 0.1) is 18.2 Å². The second-order valence-corrected chi connectivity index (χ2v) is 7.56. The summed E-state index contributed by atoms with van der Waals surface area (Å²) in [5.41, 5.74) is 4.29. The van der Waals surface area contributed by atoms with Crippen LogP contribution < -0.4 is 0 Å². The molecule has 0 bridgehead atoms. The maximum absolute atomic E-state index is 12.8. The summed E-state index contributed by atoms with van der Waals surface area (Å²) in [7, 11) is 1.38. The molecule has 1 heterocycles. The van der Waals surface area contributed by atoms with E-state index in [0.717, 1.165) is 29.4 Å². The third-order valence-electron chi connectivity index (χ3n) is 5.85. The summed E-state index contributed by atoms with van der Waals surface area (Å²) in [6.45, 7) is 0.661. The van der Waals surface area contributed by atoms with Crippen LogP contribution >= 0.6 is 0 Å². The number of ketones is 1. The highest BCUT2D eigenvalue weighted by Gasteiger charge is 2.29. The van der Waals surface area contributed by atoms with Crippen LogP contribution in [-0.4, -0.2) is 23.4 Å². The zero-order chi connectivity index (χ0) is 20.0. The van der Waals surface area contributed by atoms with Crippen LogP contribution in [0.4, 0.5) is 0 Å². The molecule has 3 aromatic carbocycles. The van der Waals surface area contributed by atoms with Crippen molar-refractivity contribution >= 4 is 33.4 Å². The summed E-state index contributed by atoms with van der Waals surface area (Å²) in [5, 5.41) is 3.14. The van der Waals surface area contributed by atoms with E-state index in [1.54, 1.807) is 6.07 Å². The molecule has 4 heteroatoms. The Bertz CT molecular complexity index is 1280.